The van der Waals surface area contributed by atoms with Crippen LogP contribution in [-0.4, -0.2) is 29.5 Å². The fourth-order valence-electron chi connectivity index (χ4n) is 1.76. The Kier molecular flexibility index (Phi) is 5.59. The molecule has 0 aliphatic carbocycles. The van der Waals surface area contributed by atoms with Crippen molar-refractivity contribution in [1.82, 2.24) is 9.88 Å². The molecule has 0 bridgehead atoms. The van der Waals surface area contributed by atoms with E-state index in [1.165, 1.54) is 5.56 Å². The van der Waals surface area contributed by atoms with Crippen LogP contribution in [0.2, 0.25) is 0 Å². The molecule has 1 aromatic heterocycles. The summed E-state index contributed by atoms with van der Waals surface area (Å²) in [6, 6.07) is 4.79. The minimum absolute atomic E-state index is 0.290. The van der Waals surface area contributed by atoms with Gasteiger partial charge in [0.2, 0.25) is 0 Å². The predicted octanol–water partition coefficient (Wildman–Crippen LogP) is 2.45. The summed E-state index contributed by atoms with van der Waals surface area (Å²) in [7, 11) is 2.14. The minimum atomic E-state index is 0.290. The molecule has 0 fully saturated rings. The minimum Gasteiger partial charge on any atom is -0.327 e. The van der Waals surface area contributed by atoms with Crippen LogP contribution in [0.15, 0.2) is 24.5 Å². The third-order valence-electron chi connectivity index (χ3n) is 3.50. The van der Waals surface area contributed by atoms with E-state index < -0.39 is 0 Å². The highest BCUT2D eigenvalue weighted by Crippen LogP contribution is 2.18. The Bertz CT molecular complexity index is 311. The Hall–Kier alpha value is -0.930. The first-order chi connectivity index (χ1) is 8.02. The lowest BCUT2D eigenvalue weighted by atomic mass is 10.0. The third-order valence-corrected chi connectivity index (χ3v) is 3.50. The number of nitrogens with two attached hydrogens (primary N) is 1. The number of hydrogen-bond acceptors (Lipinski definition) is 3. The molecule has 0 saturated carbocycles. The first kappa shape index (κ1) is 14.1. The molecule has 96 valence electrons. The maximum atomic E-state index is 6.06. The summed E-state index contributed by atoms with van der Waals surface area (Å²) in [5.74, 6) is 0.553. The van der Waals surface area contributed by atoms with E-state index >= 15 is 0 Å². The van der Waals surface area contributed by atoms with Crippen molar-refractivity contribution in [2.45, 2.75) is 39.3 Å². The lowest BCUT2D eigenvalue weighted by molar-refractivity contribution is 0.243. The number of nitrogens with zero attached hydrogens (tertiary/aromatic N) is 2. The summed E-state index contributed by atoms with van der Waals surface area (Å²) in [6.45, 7) is 7.58. The number of aromatic nitrogens is 1. The Morgan fingerprint density at radius 1 is 1.35 bits per heavy atom. The van der Waals surface area contributed by atoms with Crippen LogP contribution in [0.5, 0.6) is 0 Å². The van der Waals surface area contributed by atoms with Crippen molar-refractivity contribution in [3.05, 3.63) is 30.1 Å². The van der Waals surface area contributed by atoms with Crippen molar-refractivity contribution in [3.8, 4) is 0 Å². The predicted molar refractivity (Wildman–Crippen MR) is 72.7 cm³/mol. The largest absolute Gasteiger partial charge is 0.327 e. The molecule has 0 aliphatic rings. The summed E-state index contributed by atoms with van der Waals surface area (Å²) in [5, 5.41) is 0. The van der Waals surface area contributed by atoms with E-state index in [9.17, 15) is 0 Å². The average molecular weight is 235 g/mol. The van der Waals surface area contributed by atoms with Gasteiger partial charge in [-0.2, -0.15) is 0 Å². The molecule has 2 atom stereocenters. The molecular weight excluding hydrogens is 210 g/mol. The van der Waals surface area contributed by atoms with E-state index in [1.807, 2.05) is 18.5 Å². The van der Waals surface area contributed by atoms with Crippen molar-refractivity contribution in [1.29, 1.82) is 0 Å². The molecule has 1 rings (SSSR count). The van der Waals surface area contributed by atoms with E-state index in [0.29, 0.717) is 18.0 Å². The molecule has 0 radical (unpaired) electrons. The zero-order chi connectivity index (χ0) is 12.8. The van der Waals surface area contributed by atoms with Gasteiger partial charge in [0.1, 0.15) is 0 Å². The molecular formula is C14H25N3. The summed E-state index contributed by atoms with van der Waals surface area (Å²) < 4.78 is 0. The standard InChI is InChI=1S/C14H25N3/c1-11(2)14(15)7-9-17(4)12(3)13-6-5-8-16-10-13/h5-6,8,10-12,14H,7,9,15H2,1-4H3. The fraction of sp³-hybridized carbons (Fsp3) is 0.643. The van der Waals surface area contributed by atoms with Gasteiger partial charge in [-0.05, 0) is 44.5 Å². The molecule has 0 amide bonds. The molecule has 3 heteroatoms. The lowest BCUT2D eigenvalue weighted by Gasteiger charge is -2.26. The second kappa shape index (κ2) is 6.72. The maximum Gasteiger partial charge on any atom is 0.0332 e. The van der Waals surface area contributed by atoms with E-state index in [4.69, 9.17) is 5.73 Å². The van der Waals surface area contributed by atoms with E-state index in [-0.39, 0.29) is 0 Å². The summed E-state index contributed by atoms with van der Waals surface area (Å²) in [4.78, 5) is 6.49. The Balaban J connectivity index is 2.45. The topological polar surface area (TPSA) is 42.1 Å². The lowest BCUT2D eigenvalue weighted by Crippen LogP contribution is -2.32. The van der Waals surface area contributed by atoms with Crippen molar-refractivity contribution >= 4 is 0 Å². The highest BCUT2D eigenvalue weighted by atomic mass is 15.1. The van der Waals surface area contributed by atoms with Crippen molar-refractivity contribution in [2.75, 3.05) is 13.6 Å². The van der Waals surface area contributed by atoms with Crippen LogP contribution in [0, 0.1) is 5.92 Å². The van der Waals surface area contributed by atoms with Crippen LogP contribution in [0.3, 0.4) is 0 Å². The van der Waals surface area contributed by atoms with Gasteiger partial charge in [-0.25, -0.2) is 0 Å². The monoisotopic (exact) mass is 235 g/mol. The van der Waals surface area contributed by atoms with Crippen LogP contribution in [0.4, 0.5) is 0 Å². The Morgan fingerprint density at radius 2 is 2.06 bits per heavy atom. The number of hydrogen-bond donors (Lipinski definition) is 1. The van der Waals surface area contributed by atoms with E-state index in [1.54, 1.807) is 0 Å². The number of rotatable bonds is 6. The second-order valence-electron chi connectivity index (χ2n) is 5.14. The molecule has 1 aromatic rings. The summed E-state index contributed by atoms with van der Waals surface area (Å²) in [6.07, 6.45) is 4.78. The fourth-order valence-corrected chi connectivity index (χ4v) is 1.76. The molecule has 0 saturated heterocycles. The Labute approximate surface area is 105 Å². The third kappa shape index (κ3) is 4.44. The normalized spacial score (nSPS) is 15.2. The maximum absolute atomic E-state index is 6.06. The first-order valence-electron chi connectivity index (χ1n) is 6.38. The molecule has 0 aromatic carbocycles. The molecule has 0 spiro atoms. The quantitative estimate of drug-likeness (QED) is 0.823. The SMILES string of the molecule is CC(C)C(N)CCN(C)C(C)c1cccnc1. The molecule has 2 N–H and O–H groups in total. The second-order valence-corrected chi connectivity index (χ2v) is 5.14. The zero-order valence-corrected chi connectivity index (χ0v) is 11.4. The summed E-state index contributed by atoms with van der Waals surface area (Å²) >= 11 is 0. The van der Waals surface area contributed by atoms with Crippen molar-refractivity contribution in [3.63, 3.8) is 0 Å². The van der Waals surface area contributed by atoms with Gasteiger partial charge >= 0.3 is 0 Å². The van der Waals surface area contributed by atoms with Gasteiger partial charge < -0.3 is 5.73 Å². The zero-order valence-electron chi connectivity index (χ0n) is 11.4. The average Bonchev–Trinajstić information content (AvgIpc) is 2.35. The van der Waals surface area contributed by atoms with Crippen molar-refractivity contribution < 1.29 is 0 Å². The highest BCUT2D eigenvalue weighted by molar-refractivity contribution is 5.12. The Morgan fingerprint density at radius 3 is 2.59 bits per heavy atom. The van der Waals surface area contributed by atoms with Crippen molar-refractivity contribution in [2.24, 2.45) is 11.7 Å². The molecule has 17 heavy (non-hydrogen) atoms. The number of pyridine rings is 1. The van der Waals surface area contributed by atoms with Gasteiger partial charge in [0.15, 0.2) is 0 Å². The van der Waals surface area contributed by atoms with Gasteiger partial charge in [0.05, 0.1) is 0 Å². The van der Waals surface area contributed by atoms with Gasteiger partial charge in [-0.1, -0.05) is 19.9 Å². The van der Waals surface area contributed by atoms with Crippen LogP contribution in [0.1, 0.15) is 38.8 Å². The van der Waals surface area contributed by atoms with Crippen LogP contribution < -0.4 is 5.73 Å². The van der Waals surface area contributed by atoms with Gasteiger partial charge in [-0.3, -0.25) is 9.88 Å². The van der Waals surface area contributed by atoms with E-state index in [2.05, 4.69) is 43.8 Å². The van der Waals surface area contributed by atoms with Crippen LogP contribution in [0.25, 0.3) is 0 Å². The summed E-state index contributed by atoms with van der Waals surface area (Å²) in [5.41, 5.74) is 7.32. The first-order valence-corrected chi connectivity index (χ1v) is 6.38. The van der Waals surface area contributed by atoms with Gasteiger partial charge in [-0.15, -0.1) is 0 Å². The van der Waals surface area contributed by atoms with Crippen LogP contribution in [-0.2, 0) is 0 Å². The van der Waals surface area contributed by atoms with Gasteiger partial charge in [0, 0.05) is 24.5 Å². The van der Waals surface area contributed by atoms with Crippen LogP contribution >= 0.6 is 0 Å². The molecule has 2 unspecified atom stereocenters. The molecule has 0 aliphatic heterocycles. The van der Waals surface area contributed by atoms with E-state index in [0.717, 1.165) is 13.0 Å². The molecule has 3 nitrogen and oxygen atoms in total. The van der Waals surface area contributed by atoms with Gasteiger partial charge in [0.25, 0.3) is 0 Å². The smallest absolute Gasteiger partial charge is 0.0332 e. The molecule has 1 heterocycles. The highest BCUT2D eigenvalue weighted by Gasteiger charge is 2.14.